The van der Waals surface area contributed by atoms with E-state index in [2.05, 4.69) is 25.7 Å². The molecule has 2 heterocycles. The third kappa shape index (κ3) is 2.28. The first-order chi connectivity index (χ1) is 9.56. The quantitative estimate of drug-likeness (QED) is 0.801. The van der Waals surface area contributed by atoms with Crippen LogP contribution >= 0.6 is 0 Å². The van der Waals surface area contributed by atoms with E-state index in [1.165, 1.54) is 6.42 Å². The lowest BCUT2D eigenvalue weighted by atomic mass is 9.85. The molecule has 1 saturated heterocycles. The number of rotatable bonds is 1. The summed E-state index contributed by atoms with van der Waals surface area (Å²) in [4.78, 5) is 2.42. The Morgan fingerprint density at radius 2 is 1.75 bits per heavy atom. The van der Waals surface area contributed by atoms with Crippen molar-refractivity contribution >= 4 is 11.4 Å². The molecule has 2 N–H and O–H groups in total. The molecule has 3 atom stereocenters. The highest BCUT2D eigenvalue weighted by Crippen LogP contribution is 2.41. The van der Waals surface area contributed by atoms with Gasteiger partial charge in [0.25, 0.3) is 0 Å². The van der Waals surface area contributed by atoms with Crippen LogP contribution in [0, 0.1) is 11.8 Å². The van der Waals surface area contributed by atoms with E-state index >= 15 is 0 Å². The van der Waals surface area contributed by atoms with E-state index in [1.807, 2.05) is 12.1 Å². The van der Waals surface area contributed by atoms with Crippen molar-refractivity contribution in [2.24, 2.45) is 11.8 Å². The van der Waals surface area contributed by atoms with Crippen LogP contribution in [0.3, 0.4) is 0 Å². The molecule has 4 heteroatoms. The summed E-state index contributed by atoms with van der Waals surface area (Å²) in [5.74, 6) is 2.95. The molecule has 4 nitrogen and oxygen atoms in total. The molecule has 1 fully saturated rings. The molecule has 2 aliphatic heterocycles. The molecule has 0 spiro atoms. The molecule has 1 aromatic carbocycles. The molecule has 0 aliphatic carbocycles. The fourth-order valence-electron chi connectivity index (χ4n) is 3.38. The van der Waals surface area contributed by atoms with Crippen LogP contribution in [0.15, 0.2) is 12.1 Å². The zero-order chi connectivity index (χ0) is 14.3. The lowest BCUT2D eigenvalue weighted by Gasteiger charge is -2.43. The standard InChI is InChI=1S/C16H24N2O2/c1-10-6-11(2)12(3)18(9-10)14-8-16-15(7-13(14)17)19-4-5-20-16/h7-8,10-12H,4-6,9,17H2,1-3H3. The van der Waals surface area contributed by atoms with Crippen LogP contribution in [-0.4, -0.2) is 25.8 Å². The Morgan fingerprint density at radius 3 is 2.45 bits per heavy atom. The van der Waals surface area contributed by atoms with E-state index in [0.717, 1.165) is 29.4 Å². The Labute approximate surface area is 120 Å². The molecule has 1 aromatic rings. The Balaban J connectivity index is 1.96. The summed E-state index contributed by atoms with van der Waals surface area (Å²) in [5.41, 5.74) is 8.11. The van der Waals surface area contributed by atoms with Crippen molar-refractivity contribution in [3.05, 3.63) is 12.1 Å². The van der Waals surface area contributed by atoms with Crippen molar-refractivity contribution in [1.82, 2.24) is 0 Å². The maximum absolute atomic E-state index is 6.25. The number of benzene rings is 1. The minimum absolute atomic E-state index is 0.496. The molecule has 0 saturated carbocycles. The van der Waals surface area contributed by atoms with E-state index < -0.39 is 0 Å². The molecular weight excluding hydrogens is 252 g/mol. The number of piperidine rings is 1. The number of nitrogens with zero attached hydrogens (tertiary/aromatic N) is 1. The molecule has 0 aromatic heterocycles. The van der Waals surface area contributed by atoms with Gasteiger partial charge in [-0.05, 0) is 25.2 Å². The van der Waals surface area contributed by atoms with Crippen LogP contribution in [0.5, 0.6) is 11.5 Å². The van der Waals surface area contributed by atoms with Crippen LogP contribution in [-0.2, 0) is 0 Å². The first kappa shape index (κ1) is 13.4. The number of nitrogens with two attached hydrogens (primary N) is 1. The predicted octanol–water partition coefficient (Wildman–Crippen LogP) is 2.91. The highest BCUT2D eigenvalue weighted by molar-refractivity contribution is 5.73. The summed E-state index contributed by atoms with van der Waals surface area (Å²) >= 11 is 0. The molecule has 20 heavy (non-hydrogen) atoms. The fraction of sp³-hybridized carbons (Fsp3) is 0.625. The number of fused-ring (bicyclic) bond motifs is 1. The van der Waals surface area contributed by atoms with Gasteiger partial charge in [0.2, 0.25) is 0 Å². The molecule has 0 radical (unpaired) electrons. The van der Waals surface area contributed by atoms with Crippen molar-refractivity contribution in [3.8, 4) is 11.5 Å². The van der Waals surface area contributed by atoms with Crippen LogP contribution in [0.25, 0.3) is 0 Å². The first-order valence-electron chi connectivity index (χ1n) is 7.52. The lowest BCUT2D eigenvalue weighted by molar-refractivity contribution is 0.171. The van der Waals surface area contributed by atoms with Gasteiger partial charge in [-0.15, -0.1) is 0 Å². The second kappa shape index (κ2) is 5.08. The Kier molecular flexibility index (Phi) is 3.40. The third-order valence-corrected chi connectivity index (χ3v) is 4.60. The summed E-state index contributed by atoms with van der Waals surface area (Å²) < 4.78 is 11.3. The van der Waals surface area contributed by atoms with Crippen LogP contribution in [0.2, 0.25) is 0 Å². The van der Waals surface area contributed by atoms with E-state index in [9.17, 15) is 0 Å². The van der Waals surface area contributed by atoms with Gasteiger partial charge < -0.3 is 20.1 Å². The zero-order valence-corrected chi connectivity index (χ0v) is 12.6. The van der Waals surface area contributed by atoms with E-state index in [4.69, 9.17) is 15.2 Å². The van der Waals surface area contributed by atoms with Gasteiger partial charge in [0.1, 0.15) is 13.2 Å². The van der Waals surface area contributed by atoms with Crippen molar-refractivity contribution in [2.45, 2.75) is 33.2 Å². The molecule has 2 aliphatic rings. The molecule has 110 valence electrons. The molecule has 0 amide bonds. The lowest BCUT2D eigenvalue weighted by Crippen LogP contribution is -2.46. The van der Waals surface area contributed by atoms with Crippen LogP contribution < -0.4 is 20.1 Å². The smallest absolute Gasteiger partial charge is 0.163 e. The minimum Gasteiger partial charge on any atom is -0.486 e. The topological polar surface area (TPSA) is 47.7 Å². The maximum atomic E-state index is 6.25. The Hall–Kier alpha value is -1.58. The summed E-state index contributed by atoms with van der Waals surface area (Å²) in [6.45, 7) is 9.17. The predicted molar refractivity (Wildman–Crippen MR) is 81.6 cm³/mol. The largest absolute Gasteiger partial charge is 0.486 e. The van der Waals surface area contributed by atoms with E-state index in [-0.39, 0.29) is 0 Å². The number of hydrogen-bond donors (Lipinski definition) is 1. The Morgan fingerprint density at radius 1 is 1.10 bits per heavy atom. The number of hydrogen-bond acceptors (Lipinski definition) is 4. The van der Waals surface area contributed by atoms with Crippen molar-refractivity contribution in [3.63, 3.8) is 0 Å². The van der Waals surface area contributed by atoms with Gasteiger partial charge in [0, 0.05) is 24.7 Å². The van der Waals surface area contributed by atoms with Gasteiger partial charge in [-0.1, -0.05) is 13.8 Å². The van der Waals surface area contributed by atoms with Crippen molar-refractivity contribution < 1.29 is 9.47 Å². The molecular formula is C16H24N2O2. The molecule has 3 rings (SSSR count). The average Bonchev–Trinajstić information content (AvgIpc) is 2.42. The average molecular weight is 276 g/mol. The maximum Gasteiger partial charge on any atom is 0.163 e. The van der Waals surface area contributed by atoms with Gasteiger partial charge >= 0.3 is 0 Å². The number of ether oxygens (including phenoxy) is 2. The summed E-state index contributed by atoms with van der Waals surface area (Å²) in [6.07, 6.45) is 1.28. The van der Waals surface area contributed by atoms with Gasteiger partial charge in [-0.25, -0.2) is 0 Å². The summed E-state index contributed by atoms with van der Waals surface area (Å²) in [5, 5.41) is 0. The third-order valence-electron chi connectivity index (χ3n) is 4.60. The monoisotopic (exact) mass is 276 g/mol. The second-order valence-electron chi connectivity index (χ2n) is 6.27. The highest BCUT2D eigenvalue weighted by atomic mass is 16.6. The SMILES string of the molecule is CC1CC(C)C(C)N(c2cc3c(cc2N)OCCO3)C1. The van der Waals surface area contributed by atoms with Crippen LogP contribution in [0.4, 0.5) is 11.4 Å². The first-order valence-corrected chi connectivity index (χ1v) is 7.52. The summed E-state index contributed by atoms with van der Waals surface area (Å²) in [6, 6.07) is 4.45. The van der Waals surface area contributed by atoms with Crippen molar-refractivity contribution in [1.29, 1.82) is 0 Å². The number of anilines is 2. The van der Waals surface area contributed by atoms with Gasteiger partial charge in [0.15, 0.2) is 11.5 Å². The van der Waals surface area contributed by atoms with Crippen LogP contribution in [0.1, 0.15) is 27.2 Å². The number of nitrogen functional groups attached to an aromatic ring is 1. The minimum atomic E-state index is 0.496. The molecule has 0 bridgehead atoms. The summed E-state index contributed by atoms with van der Waals surface area (Å²) in [7, 11) is 0. The molecule has 3 unspecified atom stereocenters. The van der Waals surface area contributed by atoms with E-state index in [1.54, 1.807) is 0 Å². The fourth-order valence-corrected chi connectivity index (χ4v) is 3.38. The van der Waals surface area contributed by atoms with Gasteiger partial charge in [-0.3, -0.25) is 0 Å². The second-order valence-corrected chi connectivity index (χ2v) is 6.27. The van der Waals surface area contributed by atoms with E-state index in [0.29, 0.717) is 31.1 Å². The Bertz CT molecular complexity index is 503. The van der Waals surface area contributed by atoms with Gasteiger partial charge in [0.05, 0.1) is 11.4 Å². The highest BCUT2D eigenvalue weighted by Gasteiger charge is 2.30. The zero-order valence-electron chi connectivity index (χ0n) is 12.6. The van der Waals surface area contributed by atoms with Gasteiger partial charge in [-0.2, -0.15) is 0 Å². The normalized spacial score (nSPS) is 29.4. The van der Waals surface area contributed by atoms with Crippen molar-refractivity contribution in [2.75, 3.05) is 30.4 Å².